The first-order valence-electron chi connectivity index (χ1n) is 11.7. The first kappa shape index (κ1) is 26.2. The van der Waals surface area contributed by atoms with Crippen LogP contribution in [0.4, 0.5) is 0 Å². The molecule has 32 heavy (non-hydrogen) atoms. The first-order valence-corrected chi connectivity index (χ1v) is 11.7. The molecule has 1 unspecified atom stereocenters. The van der Waals surface area contributed by atoms with E-state index in [-0.39, 0.29) is 22.0 Å². The van der Waals surface area contributed by atoms with Gasteiger partial charge in [-0.2, -0.15) is 0 Å². The summed E-state index contributed by atoms with van der Waals surface area (Å²) in [5.41, 5.74) is 2.07. The molecule has 0 heterocycles. The van der Waals surface area contributed by atoms with E-state index in [1.54, 1.807) is 6.07 Å². The fourth-order valence-electron chi connectivity index (χ4n) is 4.92. The smallest absolute Gasteiger partial charge is 0.336 e. The number of aromatic carboxylic acids is 1. The molecule has 1 aromatic rings. The summed E-state index contributed by atoms with van der Waals surface area (Å²) in [5.74, 6) is -0.716. The lowest BCUT2D eigenvalue weighted by Crippen LogP contribution is -2.43. The molecule has 0 spiro atoms. The number of hydrogen-bond acceptors (Lipinski definition) is 2. The molecule has 1 aliphatic rings. The molecule has 0 aliphatic heterocycles. The first-order chi connectivity index (χ1) is 14.1. The van der Waals surface area contributed by atoms with Crippen LogP contribution in [0.25, 0.3) is 0 Å². The Bertz CT molecular complexity index is 964. The Kier molecular flexibility index (Phi) is 6.38. The van der Waals surface area contributed by atoms with Gasteiger partial charge >= 0.3 is 5.97 Å². The number of benzene rings is 1. The van der Waals surface area contributed by atoms with Crippen molar-refractivity contribution in [3.63, 3.8) is 0 Å². The zero-order chi connectivity index (χ0) is 25.1. The highest BCUT2D eigenvalue weighted by atomic mass is 16.4. The third-order valence-corrected chi connectivity index (χ3v) is 6.93. The summed E-state index contributed by atoms with van der Waals surface area (Å²) in [7, 11) is 0. The minimum atomic E-state index is -0.946. The van der Waals surface area contributed by atoms with E-state index >= 15 is 0 Å². The van der Waals surface area contributed by atoms with Crippen LogP contribution in [0.3, 0.4) is 0 Å². The fraction of sp³-hybridized carbons (Fsp3) is 0.621. The SMILES string of the molecule is CC(C)(C)C1=CCC(c2c(C(=O)O)cc(C(C)(C)C)c(O)c2C(C)(C)C)(C(C)(C)C)C=C1. The number of hydrogen-bond donors (Lipinski definition) is 2. The average molecular weight is 441 g/mol. The molecule has 0 fully saturated rings. The van der Waals surface area contributed by atoms with Crippen LogP contribution in [0.2, 0.25) is 0 Å². The van der Waals surface area contributed by atoms with Gasteiger partial charge in [0.15, 0.2) is 0 Å². The molecule has 0 amide bonds. The van der Waals surface area contributed by atoms with Crippen LogP contribution >= 0.6 is 0 Å². The Morgan fingerprint density at radius 3 is 1.72 bits per heavy atom. The highest BCUT2D eigenvalue weighted by Gasteiger charge is 2.48. The molecule has 1 atom stereocenters. The van der Waals surface area contributed by atoms with Crippen molar-refractivity contribution >= 4 is 5.97 Å². The number of carboxylic acids is 1. The number of carbonyl (C=O) groups is 1. The van der Waals surface area contributed by atoms with Gasteiger partial charge in [0.05, 0.1) is 5.56 Å². The highest BCUT2D eigenvalue weighted by molar-refractivity contribution is 5.92. The van der Waals surface area contributed by atoms with Gasteiger partial charge in [-0.3, -0.25) is 0 Å². The number of phenolic OH excluding ortho intramolecular Hbond substituents is 1. The maximum absolute atomic E-state index is 12.7. The topological polar surface area (TPSA) is 57.5 Å². The summed E-state index contributed by atoms with van der Waals surface area (Å²) in [6.45, 7) is 25.3. The number of rotatable bonds is 2. The molecule has 2 rings (SSSR count). The predicted octanol–water partition coefficient (Wildman–Crippen LogP) is 7.90. The lowest BCUT2D eigenvalue weighted by molar-refractivity contribution is 0.0691. The molecule has 178 valence electrons. The second-order valence-corrected chi connectivity index (χ2v) is 13.5. The van der Waals surface area contributed by atoms with Gasteiger partial charge in [0.2, 0.25) is 0 Å². The third-order valence-electron chi connectivity index (χ3n) is 6.93. The van der Waals surface area contributed by atoms with Crippen LogP contribution in [-0.2, 0) is 16.2 Å². The lowest BCUT2D eigenvalue weighted by atomic mass is 9.55. The Morgan fingerprint density at radius 1 is 0.875 bits per heavy atom. The van der Waals surface area contributed by atoms with Gasteiger partial charge < -0.3 is 10.2 Å². The predicted molar refractivity (Wildman–Crippen MR) is 135 cm³/mol. The average Bonchev–Trinajstić information content (AvgIpc) is 2.57. The molecule has 0 radical (unpaired) electrons. The van der Waals surface area contributed by atoms with Crippen molar-refractivity contribution in [2.45, 2.75) is 106 Å². The van der Waals surface area contributed by atoms with E-state index in [4.69, 9.17) is 0 Å². The minimum absolute atomic E-state index is 0.0151. The van der Waals surface area contributed by atoms with E-state index in [0.717, 1.165) is 11.1 Å². The van der Waals surface area contributed by atoms with E-state index in [9.17, 15) is 15.0 Å². The minimum Gasteiger partial charge on any atom is -0.507 e. The summed E-state index contributed by atoms with van der Waals surface area (Å²) in [6.07, 6.45) is 7.33. The summed E-state index contributed by atoms with van der Waals surface area (Å²) in [4.78, 5) is 12.7. The zero-order valence-electron chi connectivity index (χ0n) is 22.3. The number of allylic oxidation sites excluding steroid dienone is 4. The molecule has 0 saturated heterocycles. The highest BCUT2D eigenvalue weighted by Crippen LogP contribution is 2.55. The van der Waals surface area contributed by atoms with Crippen molar-refractivity contribution in [2.75, 3.05) is 0 Å². The van der Waals surface area contributed by atoms with Crippen LogP contribution in [0.5, 0.6) is 5.75 Å². The normalized spacial score (nSPS) is 20.3. The van der Waals surface area contributed by atoms with Gasteiger partial charge in [0.1, 0.15) is 5.75 Å². The van der Waals surface area contributed by atoms with Crippen LogP contribution in [0, 0.1) is 10.8 Å². The molecule has 0 bridgehead atoms. The molecule has 0 aromatic heterocycles. The van der Waals surface area contributed by atoms with Crippen LogP contribution in [-0.4, -0.2) is 16.2 Å². The molecule has 1 aromatic carbocycles. The second kappa shape index (κ2) is 7.78. The Morgan fingerprint density at radius 2 is 1.41 bits per heavy atom. The van der Waals surface area contributed by atoms with Crippen LogP contribution in [0.15, 0.2) is 29.9 Å². The fourth-order valence-corrected chi connectivity index (χ4v) is 4.92. The largest absolute Gasteiger partial charge is 0.507 e. The van der Waals surface area contributed by atoms with Crippen molar-refractivity contribution in [3.8, 4) is 5.75 Å². The Labute approximate surface area is 195 Å². The second-order valence-electron chi connectivity index (χ2n) is 13.5. The monoisotopic (exact) mass is 440 g/mol. The Balaban J connectivity index is 3.08. The van der Waals surface area contributed by atoms with E-state index in [1.807, 2.05) is 20.8 Å². The molecule has 3 nitrogen and oxygen atoms in total. The number of phenols is 1. The lowest BCUT2D eigenvalue weighted by Gasteiger charge is -2.48. The van der Waals surface area contributed by atoms with Gasteiger partial charge in [0, 0.05) is 16.5 Å². The zero-order valence-corrected chi connectivity index (χ0v) is 22.3. The quantitative estimate of drug-likeness (QED) is 0.491. The molecule has 1 aliphatic carbocycles. The van der Waals surface area contributed by atoms with Gasteiger partial charge in [-0.1, -0.05) is 101 Å². The molecule has 3 heteroatoms. The van der Waals surface area contributed by atoms with Crippen molar-refractivity contribution < 1.29 is 15.0 Å². The molecular weight excluding hydrogens is 396 g/mol. The standard InChI is InChI=1S/C29H44O3/c1-25(2,3)18-13-15-29(16-14-18,28(10,11)12)21-19(24(31)32)17-20(26(4,5)6)23(30)22(21)27(7,8)9/h13-15,17,30H,16H2,1-12H3,(H,31,32). The van der Waals surface area contributed by atoms with E-state index < -0.39 is 16.8 Å². The summed E-state index contributed by atoms with van der Waals surface area (Å²) < 4.78 is 0. The van der Waals surface area contributed by atoms with Gasteiger partial charge in [-0.05, 0) is 45.3 Å². The van der Waals surface area contributed by atoms with Crippen molar-refractivity contribution in [2.24, 2.45) is 10.8 Å². The van der Waals surface area contributed by atoms with Crippen LogP contribution < -0.4 is 0 Å². The van der Waals surface area contributed by atoms with E-state index in [1.165, 1.54) is 5.57 Å². The van der Waals surface area contributed by atoms with Crippen molar-refractivity contribution in [1.29, 1.82) is 0 Å². The number of aromatic hydroxyl groups is 1. The molecule has 2 N–H and O–H groups in total. The summed E-state index contributed by atoms with van der Waals surface area (Å²) in [5, 5.41) is 22.0. The van der Waals surface area contributed by atoms with Gasteiger partial charge in [-0.25, -0.2) is 4.79 Å². The molecular formula is C29H44O3. The number of carboxylic acid groups (broad SMARTS) is 1. The summed E-state index contributed by atoms with van der Waals surface area (Å²) >= 11 is 0. The van der Waals surface area contributed by atoms with E-state index in [0.29, 0.717) is 17.5 Å². The van der Waals surface area contributed by atoms with Crippen molar-refractivity contribution in [1.82, 2.24) is 0 Å². The van der Waals surface area contributed by atoms with Crippen molar-refractivity contribution in [3.05, 3.63) is 52.1 Å². The maximum atomic E-state index is 12.7. The Hall–Kier alpha value is -2.03. The van der Waals surface area contributed by atoms with Gasteiger partial charge in [0.25, 0.3) is 0 Å². The third kappa shape index (κ3) is 4.54. The van der Waals surface area contributed by atoms with Gasteiger partial charge in [-0.15, -0.1) is 0 Å². The maximum Gasteiger partial charge on any atom is 0.336 e. The summed E-state index contributed by atoms with van der Waals surface area (Å²) in [6, 6.07) is 1.71. The van der Waals surface area contributed by atoms with E-state index in [2.05, 4.69) is 80.5 Å². The molecule has 0 saturated carbocycles. The van der Waals surface area contributed by atoms with Crippen LogP contribution in [0.1, 0.15) is 117 Å².